The van der Waals surface area contributed by atoms with E-state index in [0.29, 0.717) is 29.1 Å². The maximum absolute atomic E-state index is 12.2. The first kappa shape index (κ1) is 23.6. The first-order valence-electron chi connectivity index (χ1n) is 13.3. The highest BCUT2D eigenvalue weighted by Gasteiger charge is 2.62. The van der Waals surface area contributed by atoms with Gasteiger partial charge in [0, 0.05) is 19.3 Å². The summed E-state index contributed by atoms with van der Waals surface area (Å²) in [5, 5.41) is 0. The van der Waals surface area contributed by atoms with Crippen LogP contribution in [0.3, 0.4) is 0 Å². The standard InChI is InChI=1S/C30H40O4/c1-19(31)33-24-12-14-29(3)23(18-24)10-11-25-26(29)13-15-30(4)27(25)17-22(28(30)34-20(2)32)16-21-8-6-5-7-9-21/h5-9,16,23-28H,10-15,17-18H2,1-4H3/b22-16+/t23-,24?,25?,26?,27?,28?,29?,30?/m0/s1. The Hall–Kier alpha value is -2.10. The van der Waals surface area contributed by atoms with E-state index < -0.39 is 0 Å². The van der Waals surface area contributed by atoms with Crippen LogP contribution in [0, 0.1) is 34.5 Å². The number of carbonyl (C=O) groups is 2. The van der Waals surface area contributed by atoms with Gasteiger partial charge in [0.1, 0.15) is 12.2 Å². The van der Waals surface area contributed by atoms with Crippen molar-refractivity contribution in [3.63, 3.8) is 0 Å². The Balaban J connectivity index is 1.42. The molecular weight excluding hydrogens is 424 g/mol. The molecule has 0 bridgehead atoms. The minimum absolute atomic E-state index is 0.00555. The van der Waals surface area contributed by atoms with E-state index >= 15 is 0 Å². The zero-order valence-electron chi connectivity index (χ0n) is 21.2. The average Bonchev–Trinajstić information content (AvgIpc) is 3.05. The van der Waals surface area contributed by atoms with Crippen molar-refractivity contribution in [3.05, 3.63) is 41.5 Å². The molecule has 184 valence electrons. The lowest BCUT2D eigenvalue weighted by Gasteiger charge is -2.60. The molecule has 4 aliphatic carbocycles. The SMILES string of the molecule is CC(=O)OC1CCC2(C)C3CCC4(C)C(OC(C)=O)/C(=C/c5ccccc5)CC4C3CC[C@H]2C1. The van der Waals surface area contributed by atoms with Gasteiger partial charge in [-0.25, -0.2) is 0 Å². The average molecular weight is 465 g/mol. The van der Waals surface area contributed by atoms with E-state index in [1.165, 1.54) is 37.3 Å². The van der Waals surface area contributed by atoms with Gasteiger partial charge in [0.05, 0.1) is 0 Å². The second kappa shape index (κ2) is 8.84. The van der Waals surface area contributed by atoms with Gasteiger partial charge in [-0.3, -0.25) is 9.59 Å². The van der Waals surface area contributed by atoms with Crippen molar-refractivity contribution >= 4 is 18.0 Å². The highest BCUT2D eigenvalue weighted by atomic mass is 16.5. The predicted molar refractivity (Wildman–Crippen MR) is 133 cm³/mol. The summed E-state index contributed by atoms with van der Waals surface area (Å²) in [5.41, 5.74) is 2.81. The minimum atomic E-state index is -0.174. The molecule has 0 amide bonds. The monoisotopic (exact) mass is 464 g/mol. The molecule has 5 rings (SSSR count). The summed E-state index contributed by atoms with van der Waals surface area (Å²) in [6, 6.07) is 10.5. The normalized spacial score (nSPS) is 42.3. The van der Waals surface area contributed by atoms with E-state index in [4.69, 9.17) is 9.47 Å². The first-order valence-corrected chi connectivity index (χ1v) is 13.3. The minimum Gasteiger partial charge on any atom is -0.463 e. The Kier molecular flexibility index (Phi) is 6.14. The molecule has 7 unspecified atom stereocenters. The molecule has 4 fully saturated rings. The smallest absolute Gasteiger partial charge is 0.303 e. The number of hydrogen-bond acceptors (Lipinski definition) is 4. The van der Waals surface area contributed by atoms with Crippen LogP contribution in [0.1, 0.15) is 84.6 Å². The van der Waals surface area contributed by atoms with Crippen LogP contribution in [0.4, 0.5) is 0 Å². The van der Waals surface area contributed by atoms with Crippen LogP contribution in [-0.4, -0.2) is 24.1 Å². The van der Waals surface area contributed by atoms with Gasteiger partial charge < -0.3 is 9.47 Å². The molecule has 4 nitrogen and oxygen atoms in total. The number of fused-ring (bicyclic) bond motifs is 5. The zero-order valence-corrected chi connectivity index (χ0v) is 21.2. The molecule has 0 saturated heterocycles. The molecular formula is C30H40O4. The lowest BCUT2D eigenvalue weighted by molar-refractivity contribution is -0.166. The van der Waals surface area contributed by atoms with Gasteiger partial charge in [0.15, 0.2) is 0 Å². The number of rotatable bonds is 3. The maximum atomic E-state index is 12.2. The summed E-state index contributed by atoms with van der Waals surface area (Å²) in [6.45, 7) is 8.00. The quantitative estimate of drug-likeness (QED) is 0.474. The van der Waals surface area contributed by atoms with Crippen LogP contribution in [0.5, 0.6) is 0 Å². The molecule has 34 heavy (non-hydrogen) atoms. The van der Waals surface area contributed by atoms with Crippen LogP contribution < -0.4 is 0 Å². The van der Waals surface area contributed by atoms with E-state index in [1.54, 1.807) is 6.92 Å². The molecule has 0 aromatic heterocycles. The number of ether oxygens (including phenoxy) is 2. The third-order valence-electron chi connectivity index (χ3n) is 10.2. The molecule has 0 spiro atoms. The largest absolute Gasteiger partial charge is 0.463 e. The van der Waals surface area contributed by atoms with E-state index in [9.17, 15) is 9.59 Å². The summed E-state index contributed by atoms with van der Waals surface area (Å²) >= 11 is 0. The van der Waals surface area contributed by atoms with Crippen LogP contribution in [0.25, 0.3) is 6.08 Å². The van der Waals surface area contributed by atoms with Gasteiger partial charge in [-0.05, 0) is 91.6 Å². The summed E-state index contributed by atoms with van der Waals surface area (Å²) in [7, 11) is 0. The van der Waals surface area contributed by atoms with Crippen molar-refractivity contribution in [2.75, 3.05) is 0 Å². The number of carbonyl (C=O) groups excluding carboxylic acids is 2. The van der Waals surface area contributed by atoms with Gasteiger partial charge in [-0.15, -0.1) is 0 Å². The summed E-state index contributed by atoms with van der Waals surface area (Å²) in [5.74, 6) is 2.25. The van der Waals surface area contributed by atoms with Crippen LogP contribution in [-0.2, 0) is 19.1 Å². The lowest BCUT2D eigenvalue weighted by atomic mass is 9.45. The predicted octanol–water partition coefficient (Wildman–Crippen LogP) is 6.59. The fraction of sp³-hybridized carbons (Fsp3) is 0.667. The molecule has 0 heterocycles. The lowest BCUT2D eigenvalue weighted by Crippen LogP contribution is -2.54. The first-order chi connectivity index (χ1) is 16.2. The molecule has 0 aliphatic heterocycles. The molecule has 8 atom stereocenters. The van der Waals surface area contributed by atoms with Crippen LogP contribution in [0.15, 0.2) is 35.9 Å². The second-order valence-corrected chi connectivity index (χ2v) is 12.0. The Bertz CT molecular complexity index is 967. The van der Waals surface area contributed by atoms with E-state index in [1.807, 2.05) is 6.07 Å². The van der Waals surface area contributed by atoms with Crippen molar-refractivity contribution in [2.45, 2.75) is 91.3 Å². The zero-order chi connectivity index (χ0) is 24.1. The third kappa shape index (κ3) is 4.01. The molecule has 4 aliphatic rings. The van der Waals surface area contributed by atoms with Gasteiger partial charge in [-0.1, -0.05) is 50.3 Å². The molecule has 0 radical (unpaired) electrons. The van der Waals surface area contributed by atoms with Crippen molar-refractivity contribution in [2.24, 2.45) is 34.5 Å². The topological polar surface area (TPSA) is 52.6 Å². The summed E-state index contributed by atoms with van der Waals surface area (Å²) in [6.07, 6.45) is 11.2. The third-order valence-corrected chi connectivity index (χ3v) is 10.2. The fourth-order valence-electron chi connectivity index (χ4n) is 8.68. The van der Waals surface area contributed by atoms with E-state index in [-0.39, 0.29) is 29.6 Å². The Morgan fingerprint density at radius 1 is 0.882 bits per heavy atom. The summed E-state index contributed by atoms with van der Waals surface area (Å²) < 4.78 is 11.7. The highest BCUT2D eigenvalue weighted by molar-refractivity contribution is 5.67. The number of benzene rings is 1. The molecule has 4 heteroatoms. The van der Waals surface area contributed by atoms with Crippen molar-refractivity contribution in [3.8, 4) is 0 Å². The highest BCUT2D eigenvalue weighted by Crippen LogP contribution is 2.67. The van der Waals surface area contributed by atoms with E-state index in [2.05, 4.69) is 44.2 Å². The maximum Gasteiger partial charge on any atom is 0.303 e. The Labute approximate surface area is 204 Å². The van der Waals surface area contributed by atoms with Gasteiger partial charge >= 0.3 is 11.9 Å². The van der Waals surface area contributed by atoms with Gasteiger partial charge in [0.2, 0.25) is 0 Å². The Morgan fingerprint density at radius 3 is 2.29 bits per heavy atom. The van der Waals surface area contributed by atoms with Gasteiger partial charge in [-0.2, -0.15) is 0 Å². The molecule has 0 N–H and O–H groups in total. The Morgan fingerprint density at radius 2 is 1.59 bits per heavy atom. The number of hydrogen-bond donors (Lipinski definition) is 0. The molecule has 4 saturated carbocycles. The van der Waals surface area contributed by atoms with Crippen molar-refractivity contribution in [1.82, 2.24) is 0 Å². The van der Waals surface area contributed by atoms with Gasteiger partial charge in [0.25, 0.3) is 0 Å². The summed E-state index contributed by atoms with van der Waals surface area (Å²) in [4.78, 5) is 23.7. The fourth-order valence-corrected chi connectivity index (χ4v) is 8.68. The molecule has 1 aromatic rings. The van der Waals surface area contributed by atoms with Crippen molar-refractivity contribution < 1.29 is 19.1 Å². The van der Waals surface area contributed by atoms with Crippen LogP contribution in [0.2, 0.25) is 0 Å². The van der Waals surface area contributed by atoms with E-state index in [0.717, 1.165) is 32.1 Å². The second-order valence-electron chi connectivity index (χ2n) is 12.0. The van der Waals surface area contributed by atoms with Crippen molar-refractivity contribution in [1.29, 1.82) is 0 Å². The molecule has 1 aromatic carbocycles. The van der Waals surface area contributed by atoms with Crippen LogP contribution >= 0.6 is 0 Å². The number of esters is 2.